The third-order valence-corrected chi connectivity index (χ3v) is 3.16. The first kappa shape index (κ1) is 16.7. The van der Waals surface area contributed by atoms with Crippen molar-refractivity contribution in [3.63, 3.8) is 0 Å². The zero-order chi connectivity index (χ0) is 16.8. The Kier molecular flexibility index (Phi) is 4.18. The lowest BCUT2D eigenvalue weighted by Gasteiger charge is -2.10. The highest BCUT2D eigenvalue weighted by Crippen LogP contribution is 2.36. The van der Waals surface area contributed by atoms with Gasteiger partial charge in [0.15, 0.2) is 5.82 Å². The molecule has 2 rings (SSSR count). The molecule has 0 saturated carbocycles. The van der Waals surface area contributed by atoms with Crippen molar-refractivity contribution in [1.82, 2.24) is 19.3 Å². The first-order valence-electron chi connectivity index (χ1n) is 5.44. The van der Waals surface area contributed by atoms with E-state index in [0.717, 1.165) is 6.92 Å². The fraction of sp³-hybridized carbons (Fsp3) is 0.300. The fourth-order valence-corrected chi connectivity index (χ4v) is 2.12. The number of rotatable bonds is 2. The number of alkyl halides is 5. The highest BCUT2D eigenvalue weighted by atomic mass is 35.5. The molecule has 0 unspecified atom stereocenters. The van der Waals surface area contributed by atoms with Crippen LogP contribution in [0.4, 0.5) is 22.0 Å². The van der Waals surface area contributed by atoms with Gasteiger partial charge in [0, 0.05) is 0 Å². The Bertz CT molecular complexity index is 783. The molecular weight excluding hydrogens is 358 g/mol. The van der Waals surface area contributed by atoms with E-state index in [4.69, 9.17) is 23.2 Å². The monoisotopic (exact) mass is 362 g/mol. The summed E-state index contributed by atoms with van der Waals surface area (Å²) in [5, 5.41) is 1.90. The van der Waals surface area contributed by atoms with Crippen LogP contribution in [0.2, 0.25) is 10.2 Å². The molecule has 12 heteroatoms. The fourth-order valence-electron chi connectivity index (χ4n) is 1.64. The number of hydrogen-bond donors (Lipinski definition) is 0. The van der Waals surface area contributed by atoms with Crippen molar-refractivity contribution in [3.8, 4) is 5.82 Å². The highest BCUT2D eigenvalue weighted by Gasteiger charge is 2.35. The van der Waals surface area contributed by atoms with Crippen LogP contribution in [-0.2, 0) is 6.18 Å². The lowest BCUT2D eigenvalue weighted by atomic mass is 10.3. The molecule has 0 amide bonds. The van der Waals surface area contributed by atoms with Crippen molar-refractivity contribution in [2.45, 2.75) is 19.6 Å². The quantitative estimate of drug-likeness (QED) is 0.607. The SMILES string of the molecule is Cc1nn(-c2nc(Cl)c(C(F)(F)F)cc2Cl)c(=O)n1C(F)F. The average Bonchev–Trinajstić information content (AvgIpc) is 2.65. The lowest BCUT2D eigenvalue weighted by Crippen LogP contribution is -2.25. The molecule has 5 nitrogen and oxygen atoms in total. The maximum absolute atomic E-state index is 12.7. The second-order valence-corrected chi connectivity index (χ2v) is 4.78. The number of pyridine rings is 1. The molecule has 0 aliphatic rings. The van der Waals surface area contributed by atoms with Crippen molar-refractivity contribution >= 4 is 23.2 Å². The number of aromatic nitrogens is 4. The normalized spacial score (nSPS) is 12.2. The van der Waals surface area contributed by atoms with E-state index in [1.807, 2.05) is 0 Å². The van der Waals surface area contributed by atoms with Gasteiger partial charge in [-0.3, -0.25) is 0 Å². The molecule has 0 aliphatic heterocycles. The van der Waals surface area contributed by atoms with E-state index in [1.165, 1.54) is 0 Å². The Morgan fingerprint density at radius 3 is 2.32 bits per heavy atom. The van der Waals surface area contributed by atoms with Gasteiger partial charge in [-0.2, -0.15) is 26.6 Å². The maximum atomic E-state index is 12.7. The van der Waals surface area contributed by atoms with Gasteiger partial charge in [-0.15, -0.1) is 5.10 Å². The van der Waals surface area contributed by atoms with Crippen molar-refractivity contribution < 1.29 is 22.0 Å². The van der Waals surface area contributed by atoms with E-state index in [9.17, 15) is 26.7 Å². The van der Waals surface area contributed by atoms with Gasteiger partial charge >= 0.3 is 18.4 Å². The van der Waals surface area contributed by atoms with E-state index in [0.29, 0.717) is 10.7 Å². The van der Waals surface area contributed by atoms with Crippen molar-refractivity contribution in [2.24, 2.45) is 0 Å². The second-order valence-electron chi connectivity index (χ2n) is 4.02. The minimum atomic E-state index is -4.81. The molecule has 22 heavy (non-hydrogen) atoms. The Morgan fingerprint density at radius 1 is 1.27 bits per heavy atom. The predicted octanol–water partition coefficient (Wildman–Crippen LogP) is 3.46. The van der Waals surface area contributed by atoms with Crippen LogP contribution < -0.4 is 5.69 Å². The van der Waals surface area contributed by atoms with E-state index < -0.39 is 40.0 Å². The second kappa shape index (κ2) is 5.51. The molecule has 2 aromatic rings. The van der Waals surface area contributed by atoms with Crippen LogP contribution in [0.5, 0.6) is 0 Å². The van der Waals surface area contributed by atoms with Gasteiger partial charge in [-0.05, 0) is 13.0 Å². The first-order chi connectivity index (χ1) is 10.0. The molecule has 0 spiro atoms. The molecule has 0 aromatic carbocycles. The van der Waals surface area contributed by atoms with Gasteiger partial charge < -0.3 is 0 Å². The molecule has 0 aliphatic carbocycles. The highest BCUT2D eigenvalue weighted by molar-refractivity contribution is 6.34. The summed E-state index contributed by atoms with van der Waals surface area (Å²) in [6.45, 7) is -2.06. The standard InChI is InChI=1S/C10H5Cl2F5N4O/c1-3-19-21(9(22)20(3)8(13)14)7-5(11)2-4(6(12)18-7)10(15,16)17/h2,8H,1H3. The summed E-state index contributed by atoms with van der Waals surface area (Å²) in [6.07, 6.45) is -4.81. The van der Waals surface area contributed by atoms with Gasteiger partial charge in [-0.1, -0.05) is 23.2 Å². The third kappa shape index (κ3) is 2.80. The summed E-state index contributed by atoms with van der Waals surface area (Å²) < 4.78 is 63.7. The molecule has 0 fully saturated rings. The molecule has 120 valence electrons. The minimum Gasteiger partial charge on any atom is -0.245 e. The van der Waals surface area contributed by atoms with Gasteiger partial charge in [0.1, 0.15) is 11.0 Å². The third-order valence-electron chi connectivity index (χ3n) is 2.59. The van der Waals surface area contributed by atoms with Crippen molar-refractivity contribution in [1.29, 1.82) is 0 Å². The zero-order valence-electron chi connectivity index (χ0n) is 10.5. The molecular formula is C10H5Cl2F5N4O. The van der Waals surface area contributed by atoms with Gasteiger partial charge in [0.2, 0.25) is 0 Å². The number of nitrogens with zero attached hydrogens (tertiary/aromatic N) is 4. The largest absolute Gasteiger partial charge is 0.419 e. The molecule has 0 atom stereocenters. The van der Waals surface area contributed by atoms with E-state index in [1.54, 1.807) is 0 Å². The Labute approximate surface area is 128 Å². The van der Waals surface area contributed by atoms with E-state index in [-0.39, 0.29) is 10.4 Å². The number of halogens is 7. The molecule has 2 heterocycles. The molecule has 2 aromatic heterocycles. The number of aryl methyl sites for hydroxylation is 1. The summed E-state index contributed by atoms with van der Waals surface area (Å²) in [6, 6.07) is 0.440. The molecule has 0 N–H and O–H groups in total. The smallest absolute Gasteiger partial charge is 0.245 e. The lowest BCUT2D eigenvalue weighted by molar-refractivity contribution is -0.137. The maximum Gasteiger partial charge on any atom is 0.419 e. The van der Waals surface area contributed by atoms with Gasteiger partial charge in [-0.25, -0.2) is 14.3 Å². The average molecular weight is 363 g/mol. The summed E-state index contributed by atoms with van der Waals surface area (Å²) in [7, 11) is 0. The Hall–Kier alpha value is -1.68. The van der Waals surface area contributed by atoms with Crippen molar-refractivity contribution in [3.05, 3.63) is 38.1 Å². The van der Waals surface area contributed by atoms with E-state index in [2.05, 4.69) is 10.1 Å². The van der Waals surface area contributed by atoms with Crippen LogP contribution in [-0.4, -0.2) is 19.3 Å². The van der Waals surface area contributed by atoms with Crippen LogP contribution in [0.3, 0.4) is 0 Å². The molecule has 0 bridgehead atoms. The molecule has 0 radical (unpaired) electrons. The van der Waals surface area contributed by atoms with Crippen LogP contribution in [0.1, 0.15) is 17.9 Å². The van der Waals surface area contributed by atoms with Crippen LogP contribution >= 0.6 is 23.2 Å². The van der Waals surface area contributed by atoms with Crippen molar-refractivity contribution in [2.75, 3.05) is 0 Å². The topological polar surface area (TPSA) is 52.7 Å². The van der Waals surface area contributed by atoms with Crippen LogP contribution in [0, 0.1) is 6.92 Å². The first-order valence-corrected chi connectivity index (χ1v) is 6.19. The van der Waals surface area contributed by atoms with Crippen LogP contribution in [0.15, 0.2) is 10.9 Å². The Balaban J connectivity index is 2.68. The van der Waals surface area contributed by atoms with Gasteiger partial charge in [0.05, 0.1) is 10.6 Å². The zero-order valence-corrected chi connectivity index (χ0v) is 12.0. The summed E-state index contributed by atoms with van der Waals surface area (Å²) in [5.74, 6) is -0.943. The summed E-state index contributed by atoms with van der Waals surface area (Å²) in [4.78, 5) is 15.1. The van der Waals surface area contributed by atoms with Crippen LogP contribution in [0.25, 0.3) is 5.82 Å². The van der Waals surface area contributed by atoms with Gasteiger partial charge in [0.25, 0.3) is 0 Å². The summed E-state index contributed by atoms with van der Waals surface area (Å²) in [5.41, 5.74) is -2.63. The number of hydrogen-bond acceptors (Lipinski definition) is 3. The summed E-state index contributed by atoms with van der Waals surface area (Å²) >= 11 is 11.0. The van der Waals surface area contributed by atoms with E-state index >= 15 is 0 Å². The predicted molar refractivity (Wildman–Crippen MR) is 66.6 cm³/mol. The Morgan fingerprint density at radius 2 is 1.86 bits per heavy atom. The minimum absolute atomic E-state index is 0.0313. The molecule has 0 saturated heterocycles.